The first-order chi connectivity index (χ1) is 10.3. The number of imidazole rings is 1. The van der Waals surface area contributed by atoms with Gasteiger partial charge in [-0.3, -0.25) is 0 Å². The van der Waals surface area contributed by atoms with E-state index < -0.39 is 0 Å². The molecule has 3 heteroatoms. The average Bonchev–Trinajstić information content (AvgIpc) is 2.97. The van der Waals surface area contributed by atoms with E-state index in [1.807, 2.05) is 24.3 Å². The standard InChI is InChI=1S/C18H11N3/c19-11-12-8-9-16-17(10-12)21-18(20-16)15-7-3-5-13-4-1-2-6-14(13)15/h1-10H,(H,20,21). The van der Waals surface area contributed by atoms with Gasteiger partial charge in [0.25, 0.3) is 0 Å². The maximum atomic E-state index is 8.97. The fourth-order valence-electron chi connectivity index (χ4n) is 2.63. The third-order valence-corrected chi connectivity index (χ3v) is 3.66. The van der Waals surface area contributed by atoms with E-state index >= 15 is 0 Å². The Bertz CT molecular complexity index is 1000. The number of benzene rings is 3. The predicted octanol–water partition coefficient (Wildman–Crippen LogP) is 4.25. The molecule has 0 saturated heterocycles. The molecule has 1 N–H and O–H groups in total. The van der Waals surface area contributed by atoms with Crippen LogP contribution in [0.2, 0.25) is 0 Å². The second-order valence-corrected chi connectivity index (χ2v) is 4.96. The zero-order valence-electron chi connectivity index (χ0n) is 11.2. The number of hydrogen-bond donors (Lipinski definition) is 1. The molecule has 0 saturated carbocycles. The summed E-state index contributed by atoms with van der Waals surface area (Å²) in [6.45, 7) is 0. The third-order valence-electron chi connectivity index (χ3n) is 3.66. The molecule has 98 valence electrons. The molecule has 0 radical (unpaired) electrons. The molecule has 0 aliphatic rings. The van der Waals surface area contributed by atoms with E-state index in [0.29, 0.717) is 5.56 Å². The highest BCUT2D eigenvalue weighted by molar-refractivity contribution is 5.96. The van der Waals surface area contributed by atoms with Crippen LogP contribution in [0.3, 0.4) is 0 Å². The molecule has 0 atom stereocenters. The van der Waals surface area contributed by atoms with Gasteiger partial charge < -0.3 is 4.98 Å². The number of aromatic amines is 1. The molecule has 0 fully saturated rings. The quantitative estimate of drug-likeness (QED) is 0.561. The Labute approximate surface area is 121 Å². The van der Waals surface area contributed by atoms with Gasteiger partial charge in [-0.1, -0.05) is 42.5 Å². The van der Waals surface area contributed by atoms with Crippen molar-refractivity contribution in [1.29, 1.82) is 5.26 Å². The maximum Gasteiger partial charge on any atom is 0.139 e. The smallest absolute Gasteiger partial charge is 0.139 e. The molecule has 1 aromatic heterocycles. The van der Waals surface area contributed by atoms with Crippen molar-refractivity contribution in [2.75, 3.05) is 0 Å². The number of nitrogens with zero attached hydrogens (tertiary/aromatic N) is 2. The molecule has 1 heterocycles. The topological polar surface area (TPSA) is 52.5 Å². The molecule has 0 bridgehead atoms. The van der Waals surface area contributed by atoms with Crippen LogP contribution in [0.15, 0.2) is 60.7 Å². The first-order valence-corrected chi connectivity index (χ1v) is 6.73. The molecular formula is C18H11N3. The van der Waals surface area contributed by atoms with Crippen molar-refractivity contribution in [2.45, 2.75) is 0 Å². The summed E-state index contributed by atoms with van der Waals surface area (Å²) < 4.78 is 0. The lowest BCUT2D eigenvalue weighted by atomic mass is 10.0. The number of fused-ring (bicyclic) bond motifs is 2. The molecular weight excluding hydrogens is 258 g/mol. The van der Waals surface area contributed by atoms with Crippen molar-refractivity contribution in [3.63, 3.8) is 0 Å². The summed E-state index contributed by atoms with van der Waals surface area (Å²) in [5.74, 6) is 0.830. The number of nitriles is 1. The highest BCUT2D eigenvalue weighted by atomic mass is 14.9. The van der Waals surface area contributed by atoms with E-state index in [2.05, 4.69) is 40.3 Å². The third kappa shape index (κ3) is 1.86. The second kappa shape index (κ2) is 4.46. The zero-order valence-corrected chi connectivity index (χ0v) is 11.2. The van der Waals surface area contributed by atoms with E-state index in [4.69, 9.17) is 5.26 Å². The number of rotatable bonds is 1. The van der Waals surface area contributed by atoms with E-state index in [1.165, 1.54) is 10.8 Å². The Hall–Kier alpha value is -3.12. The number of aromatic nitrogens is 2. The van der Waals surface area contributed by atoms with Gasteiger partial charge in [-0.2, -0.15) is 5.26 Å². The summed E-state index contributed by atoms with van der Waals surface area (Å²) in [7, 11) is 0. The highest BCUT2D eigenvalue weighted by Gasteiger charge is 2.08. The van der Waals surface area contributed by atoms with Gasteiger partial charge in [0, 0.05) is 5.56 Å². The van der Waals surface area contributed by atoms with Crippen LogP contribution in [0.4, 0.5) is 0 Å². The zero-order chi connectivity index (χ0) is 14.2. The van der Waals surface area contributed by atoms with Crippen molar-refractivity contribution in [3.05, 3.63) is 66.2 Å². The van der Waals surface area contributed by atoms with Crippen LogP contribution >= 0.6 is 0 Å². The first-order valence-electron chi connectivity index (χ1n) is 6.73. The fourth-order valence-corrected chi connectivity index (χ4v) is 2.63. The minimum atomic E-state index is 0.624. The lowest BCUT2D eigenvalue weighted by Gasteiger charge is -2.03. The van der Waals surface area contributed by atoms with E-state index in [-0.39, 0.29) is 0 Å². The Morgan fingerprint density at radius 2 is 1.81 bits per heavy atom. The van der Waals surface area contributed by atoms with Crippen LogP contribution in [0.25, 0.3) is 33.2 Å². The summed E-state index contributed by atoms with van der Waals surface area (Å²) >= 11 is 0. The van der Waals surface area contributed by atoms with Crippen LogP contribution in [0.5, 0.6) is 0 Å². The summed E-state index contributed by atoms with van der Waals surface area (Å²) in [4.78, 5) is 7.97. The lowest BCUT2D eigenvalue weighted by Crippen LogP contribution is -1.82. The van der Waals surface area contributed by atoms with Crippen molar-refractivity contribution in [2.24, 2.45) is 0 Å². The molecule has 3 nitrogen and oxygen atoms in total. The molecule has 0 unspecified atom stereocenters. The Balaban J connectivity index is 1.98. The maximum absolute atomic E-state index is 8.97. The Morgan fingerprint density at radius 1 is 0.952 bits per heavy atom. The average molecular weight is 269 g/mol. The Kier molecular flexibility index (Phi) is 2.48. The van der Waals surface area contributed by atoms with Gasteiger partial charge in [-0.25, -0.2) is 4.98 Å². The molecule has 0 aliphatic heterocycles. The summed E-state index contributed by atoms with van der Waals surface area (Å²) in [5.41, 5.74) is 3.45. The lowest BCUT2D eigenvalue weighted by molar-refractivity contribution is 1.35. The number of nitrogens with one attached hydrogen (secondary N) is 1. The van der Waals surface area contributed by atoms with Gasteiger partial charge >= 0.3 is 0 Å². The van der Waals surface area contributed by atoms with E-state index in [9.17, 15) is 0 Å². The van der Waals surface area contributed by atoms with Gasteiger partial charge in [-0.15, -0.1) is 0 Å². The highest BCUT2D eigenvalue weighted by Crippen LogP contribution is 2.28. The number of H-pyrrole nitrogens is 1. The molecule has 21 heavy (non-hydrogen) atoms. The van der Waals surface area contributed by atoms with Crippen molar-refractivity contribution in [3.8, 4) is 17.5 Å². The van der Waals surface area contributed by atoms with E-state index in [1.54, 1.807) is 12.1 Å². The first kappa shape index (κ1) is 11.7. The van der Waals surface area contributed by atoms with Crippen LogP contribution in [0, 0.1) is 11.3 Å². The summed E-state index contributed by atoms with van der Waals surface area (Å²) in [6, 6.07) is 22.1. The second-order valence-electron chi connectivity index (χ2n) is 4.96. The molecule has 4 rings (SSSR count). The Morgan fingerprint density at radius 3 is 2.71 bits per heavy atom. The van der Waals surface area contributed by atoms with Crippen molar-refractivity contribution in [1.82, 2.24) is 9.97 Å². The molecule has 0 aliphatic carbocycles. The van der Waals surface area contributed by atoms with Crippen LogP contribution in [0.1, 0.15) is 5.56 Å². The van der Waals surface area contributed by atoms with Gasteiger partial charge in [0.05, 0.1) is 22.7 Å². The molecule has 0 spiro atoms. The predicted molar refractivity (Wildman–Crippen MR) is 83.8 cm³/mol. The van der Waals surface area contributed by atoms with Crippen LogP contribution in [-0.2, 0) is 0 Å². The van der Waals surface area contributed by atoms with E-state index in [0.717, 1.165) is 22.4 Å². The number of hydrogen-bond acceptors (Lipinski definition) is 2. The van der Waals surface area contributed by atoms with Crippen molar-refractivity contribution < 1.29 is 0 Å². The van der Waals surface area contributed by atoms with Crippen LogP contribution < -0.4 is 0 Å². The fraction of sp³-hybridized carbons (Fsp3) is 0. The van der Waals surface area contributed by atoms with Gasteiger partial charge in [0.15, 0.2) is 0 Å². The largest absolute Gasteiger partial charge is 0.338 e. The van der Waals surface area contributed by atoms with Gasteiger partial charge in [0.1, 0.15) is 5.82 Å². The minimum Gasteiger partial charge on any atom is -0.338 e. The minimum absolute atomic E-state index is 0.624. The molecule has 3 aromatic carbocycles. The summed E-state index contributed by atoms with van der Waals surface area (Å²) in [6.07, 6.45) is 0. The molecule has 4 aromatic rings. The SMILES string of the molecule is N#Cc1ccc2[nH]c(-c3cccc4ccccc34)nc2c1. The van der Waals surface area contributed by atoms with Crippen molar-refractivity contribution >= 4 is 21.8 Å². The van der Waals surface area contributed by atoms with Gasteiger partial charge in [-0.05, 0) is 29.0 Å². The van der Waals surface area contributed by atoms with Crippen LogP contribution in [-0.4, -0.2) is 9.97 Å². The normalized spacial score (nSPS) is 10.8. The molecule has 0 amide bonds. The van der Waals surface area contributed by atoms with Gasteiger partial charge in [0.2, 0.25) is 0 Å². The monoisotopic (exact) mass is 269 g/mol. The summed E-state index contributed by atoms with van der Waals surface area (Å²) in [5, 5.41) is 11.3.